The van der Waals surface area contributed by atoms with Gasteiger partial charge in [-0.1, -0.05) is 35.9 Å². The summed E-state index contributed by atoms with van der Waals surface area (Å²) >= 11 is 6.59. The fraction of sp³-hybridized carbons (Fsp3) is 0.195. The van der Waals surface area contributed by atoms with Gasteiger partial charge in [0.1, 0.15) is 36.3 Å². The number of piperazine rings is 1. The molecule has 5 aromatic rings. The van der Waals surface area contributed by atoms with Crippen molar-refractivity contribution < 1.29 is 27.8 Å². The Labute approximate surface area is 318 Å². The molecule has 1 saturated heterocycles. The Morgan fingerprint density at radius 2 is 1.57 bits per heavy atom. The van der Waals surface area contributed by atoms with Gasteiger partial charge in [0, 0.05) is 50.4 Å². The van der Waals surface area contributed by atoms with Gasteiger partial charge in [-0.2, -0.15) is 5.26 Å². The summed E-state index contributed by atoms with van der Waals surface area (Å²) in [6.45, 7) is 5.08. The monoisotopic (exact) mass is 756 g/mol. The van der Waals surface area contributed by atoms with Crippen LogP contribution in [0.5, 0.6) is 23.1 Å². The lowest BCUT2D eigenvalue weighted by Crippen LogP contribution is -2.47. The number of ether oxygens (including phenoxy) is 3. The normalized spacial score (nSPS) is 12.9. The van der Waals surface area contributed by atoms with E-state index < -0.39 is 0 Å². The smallest absolute Gasteiger partial charge is 0.246 e. The second-order valence-electron chi connectivity index (χ2n) is 12.3. The van der Waals surface area contributed by atoms with Crippen molar-refractivity contribution in [3.8, 4) is 29.2 Å². The summed E-state index contributed by atoms with van der Waals surface area (Å²) in [5.41, 5.74) is 4.30. The molecule has 0 bridgehead atoms. The first-order valence-electron chi connectivity index (χ1n) is 16.6. The van der Waals surface area contributed by atoms with Crippen molar-refractivity contribution in [1.82, 2.24) is 14.8 Å². The molecule has 272 valence electrons. The van der Waals surface area contributed by atoms with Crippen LogP contribution in [0.1, 0.15) is 33.4 Å². The molecule has 1 amide bonds. The van der Waals surface area contributed by atoms with Crippen molar-refractivity contribution in [3.63, 3.8) is 0 Å². The molecule has 0 aliphatic carbocycles. The first kappa shape index (κ1) is 38.8. The molecule has 1 aliphatic heterocycles. The maximum Gasteiger partial charge on any atom is 0.246 e. The zero-order valence-electron chi connectivity index (χ0n) is 28.8. The number of halogens is 4. The van der Waals surface area contributed by atoms with Crippen LogP contribution < -0.4 is 14.2 Å². The summed E-state index contributed by atoms with van der Waals surface area (Å²) < 4.78 is 45.4. The molecule has 0 unspecified atom stereocenters. The summed E-state index contributed by atoms with van der Waals surface area (Å²) in [5, 5.41) is 9.32. The molecule has 6 rings (SSSR count). The van der Waals surface area contributed by atoms with E-state index in [1.165, 1.54) is 36.4 Å². The summed E-state index contributed by atoms with van der Waals surface area (Å²) in [5.74, 6) is 1.11. The van der Waals surface area contributed by atoms with Crippen LogP contribution in [0.15, 0.2) is 103 Å². The molecule has 4 aromatic carbocycles. The molecule has 12 heteroatoms. The van der Waals surface area contributed by atoms with Crippen molar-refractivity contribution in [3.05, 3.63) is 153 Å². The Morgan fingerprint density at radius 1 is 0.887 bits per heavy atom. The van der Waals surface area contributed by atoms with Crippen molar-refractivity contribution in [2.45, 2.75) is 26.7 Å². The average molecular weight is 758 g/mol. The fourth-order valence-corrected chi connectivity index (χ4v) is 5.90. The second-order valence-corrected chi connectivity index (χ2v) is 12.7. The number of carbonyl (C=O) groups excluding carboxylic acids is 1. The van der Waals surface area contributed by atoms with Crippen LogP contribution in [-0.2, 0) is 24.6 Å². The van der Waals surface area contributed by atoms with Gasteiger partial charge in [-0.3, -0.25) is 9.69 Å². The van der Waals surface area contributed by atoms with Gasteiger partial charge in [-0.15, -0.1) is 12.4 Å². The lowest BCUT2D eigenvalue weighted by molar-refractivity contribution is -0.127. The molecule has 1 aromatic heterocycles. The highest BCUT2D eigenvalue weighted by molar-refractivity contribution is 6.32. The first-order chi connectivity index (χ1) is 25.2. The Morgan fingerprint density at radius 3 is 2.23 bits per heavy atom. The van der Waals surface area contributed by atoms with Crippen molar-refractivity contribution in [2.24, 2.45) is 0 Å². The number of nitrogens with zero attached hydrogens (tertiary/aromatic N) is 4. The lowest BCUT2D eigenvalue weighted by atomic mass is 10.1. The van der Waals surface area contributed by atoms with E-state index in [-0.39, 0.29) is 36.6 Å². The number of hydrogen-bond acceptors (Lipinski definition) is 7. The van der Waals surface area contributed by atoms with Gasteiger partial charge in [0.05, 0.1) is 22.9 Å². The van der Waals surface area contributed by atoms with Crippen LogP contribution in [0, 0.1) is 29.9 Å². The van der Waals surface area contributed by atoms with E-state index in [9.17, 15) is 13.6 Å². The van der Waals surface area contributed by atoms with Crippen LogP contribution in [0.4, 0.5) is 8.78 Å². The third kappa shape index (κ3) is 10.8. The maximum atomic E-state index is 14.9. The minimum absolute atomic E-state index is 0. The fourth-order valence-electron chi connectivity index (χ4n) is 5.59. The standard InChI is InChI=1S/C41H35ClF2N4O4.ClH/c1-28-20-31(21-37(42)41(28)52-39-14-13-36(24-46-39)51-26-30-4-2-29(23-45)3-5-30)7-15-40(49)48-18-16-47(17-19-48)25-33-8-6-32(22-38(33)44)27-50-35-11-9-34(43)10-12-35;/h2-15,20-22,24H,16-19,25-27H2,1H3;1H. The van der Waals surface area contributed by atoms with E-state index in [4.69, 9.17) is 31.1 Å². The van der Waals surface area contributed by atoms with E-state index in [0.717, 1.165) is 16.7 Å². The van der Waals surface area contributed by atoms with Gasteiger partial charge in [-0.05, 0) is 95.9 Å². The Kier molecular flexibility index (Phi) is 13.4. The van der Waals surface area contributed by atoms with E-state index >= 15 is 0 Å². The summed E-state index contributed by atoms with van der Waals surface area (Å²) in [6, 6.07) is 27.1. The highest BCUT2D eigenvalue weighted by Gasteiger charge is 2.21. The van der Waals surface area contributed by atoms with E-state index in [0.29, 0.717) is 84.2 Å². The topological polar surface area (TPSA) is 87.9 Å². The Bertz CT molecular complexity index is 2060. The molecule has 2 heterocycles. The Hall–Kier alpha value is -5.47. The number of hydrogen-bond donors (Lipinski definition) is 0. The highest BCUT2D eigenvalue weighted by atomic mass is 35.5. The van der Waals surface area contributed by atoms with Gasteiger partial charge in [0.25, 0.3) is 0 Å². The predicted octanol–water partition coefficient (Wildman–Crippen LogP) is 8.92. The zero-order valence-corrected chi connectivity index (χ0v) is 30.4. The van der Waals surface area contributed by atoms with E-state index in [1.54, 1.807) is 53.6 Å². The predicted molar refractivity (Wildman–Crippen MR) is 201 cm³/mol. The molecule has 0 saturated carbocycles. The third-order valence-electron chi connectivity index (χ3n) is 8.49. The van der Waals surface area contributed by atoms with Gasteiger partial charge in [-0.25, -0.2) is 13.8 Å². The van der Waals surface area contributed by atoms with Gasteiger partial charge in [0.15, 0.2) is 5.75 Å². The third-order valence-corrected chi connectivity index (χ3v) is 8.77. The van der Waals surface area contributed by atoms with Crippen LogP contribution in [0.25, 0.3) is 6.08 Å². The number of benzene rings is 4. The zero-order chi connectivity index (χ0) is 36.5. The molecular weight excluding hydrogens is 721 g/mol. The van der Waals surface area contributed by atoms with Gasteiger partial charge >= 0.3 is 0 Å². The number of carbonyl (C=O) groups is 1. The first-order valence-corrected chi connectivity index (χ1v) is 17.0. The molecule has 0 atom stereocenters. The van der Waals surface area contributed by atoms with Crippen molar-refractivity contribution >= 4 is 36.0 Å². The number of rotatable bonds is 12. The molecule has 0 radical (unpaired) electrons. The summed E-state index contributed by atoms with van der Waals surface area (Å²) in [7, 11) is 0. The quantitative estimate of drug-likeness (QED) is 0.118. The van der Waals surface area contributed by atoms with Crippen LogP contribution in [0.3, 0.4) is 0 Å². The Balaban J connectivity index is 0.00000541. The molecule has 0 spiro atoms. The minimum Gasteiger partial charge on any atom is -0.489 e. The minimum atomic E-state index is -0.346. The van der Waals surface area contributed by atoms with Crippen molar-refractivity contribution in [1.29, 1.82) is 5.26 Å². The summed E-state index contributed by atoms with van der Waals surface area (Å²) in [6.07, 6.45) is 4.83. The van der Waals surface area contributed by atoms with Crippen molar-refractivity contribution in [2.75, 3.05) is 26.2 Å². The van der Waals surface area contributed by atoms with E-state index in [2.05, 4.69) is 16.0 Å². The lowest BCUT2D eigenvalue weighted by Gasteiger charge is -2.34. The number of aryl methyl sites for hydroxylation is 1. The number of amides is 1. The number of pyridine rings is 1. The molecule has 53 heavy (non-hydrogen) atoms. The molecule has 0 N–H and O–H groups in total. The van der Waals surface area contributed by atoms with Crippen LogP contribution in [-0.4, -0.2) is 46.9 Å². The molecule has 1 fully saturated rings. The number of aromatic nitrogens is 1. The summed E-state index contributed by atoms with van der Waals surface area (Å²) in [4.78, 5) is 21.2. The van der Waals surface area contributed by atoms with Gasteiger partial charge < -0.3 is 19.1 Å². The largest absolute Gasteiger partial charge is 0.489 e. The highest BCUT2D eigenvalue weighted by Crippen LogP contribution is 2.34. The molecular formula is C41H36Cl2F2N4O4. The van der Waals surface area contributed by atoms with Crippen LogP contribution >= 0.6 is 24.0 Å². The SMILES string of the molecule is Cc1cc(C=CC(=O)N2CCN(Cc3ccc(COc4ccc(F)cc4)cc3F)CC2)cc(Cl)c1Oc1ccc(OCc2ccc(C#N)cc2)cn1.Cl. The molecule has 1 aliphatic rings. The second kappa shape index (κ2) is 18.3. The average Bonchev–Trinajstić information content (AvgIpc) is 3.16. The van der Waals surface area contributed by atoms with Gasteiger partial charge in [0.2, 0.25) is 11.8 Å². The maximum absolute atomic E-state index is 14.9. The molecule has 8 nitrogen and oxygen atoms in total. The van der Waals surface area contributed by atoms with E-state index in [1.807, 2.05) is 31.2 Å². The van der Waals surface area contributed by atoms with Crippen LogP contribution in [0.2, 0.25) is 5.02 Å². The number of nitriles is 1.